The molecule has 0 saturated carbocycles. The number of nitrogens with one attached hydrogen (secondary N) is 2. The van der Waals surface area contributed by atoms with Gasteiger partial charge in [-0.3, -0.25) is 19.0 Å². The molecule has 1 saturated heterocycles. The molecule has 2 aliphatic rings. The van der Waals surface area contributed by atoms with Crippen LogP contribution in [0.4, 0.5) is 10.8 Å². The van der Waals surface area contributed by atoms with Crippen molar-refractivity contribution in [3.63, 3.8) is 0 Å². The fourth-order valence-electron chi connectivity index (χ4n) is 4.21. The molecule has 3 aromatic rings. The molecule has 0 radical (unpaired) electrons. The summed E-state index contributed by atoms with van der Waals surface area (Å²) in [4.78, 5) is 48.6. The number of hydrogen-bond donors (Lipinski definition) is 2. The fraction of sp³-hybridized carbons (Fsp3) is 0.435. The lowest BCUT2D eigenvalue weighted by atomic mass is 9.96. The molecule has 0 aliphatic carbocycles. The van der Waals surface area contributed by atoms with Crippen molar-refractivity contribution < 1.29 is 19.1 Å². The lowest BCUT2D eigenvalue weighted by Crippen LogP contribution is -2.40. The second kappa shape index (κ2) is 9.90. The molecule has 4 heterocycles. The molecule has 0 bridgehead atoms. The Morgan fingerprint density at radius 1 is 1.17 bits per heavy atom. The van der Waals surface area contributed by atoms with E-state index in [9.17, 15) is 14.4 Å². The molecule has 0 spiro atoms. The third kappa shape index (κ3) is 4.92. The molecule has 11 nitrogen and oxygen atoms in total. The highest BCUT2D eigenvalue weighted by Crippen LogP contribution is 2.32. The number of nitrogens with zero attached hydrogens (tertiary/aromatic N) is 4. The van der Waals surface area contributed by atoms with Crippen molar-refractivity contribution in [3.05, 3.63) is 34.9 Å². The smallest absolute Gasteiger partial charge is 0.273 e. The monoisotopic (exact) mass is 498 g/mol. The van der Waals surface area contributed by atoms with Crippen LogP contribution >= 0.6 is 11.3 Å². The minimum Gasteiger partial charge on any atom is -0.486 e. The number of carbonyl (C=O) groups is 2. The number of hydrogen-bond acceptors (Lipinski definition) is 9. The standard InChI is InChI=1S/C23H26N6O5S/c1-2-24-21(31)14-5-7-28(8-6-14)23-27-20-19(35-23)22(32)29(13-25-20)12-18(30)26-15-3-4-16-17(11-15)34-10-9-33-16/h3-4,11,13-14H,2,5-10,12H2,1H3,(H,24,31)(H,26,30). The lowest BCUT2D eigenvalue weighted by molar-refractivity contribution is -0.125. The minimum atomic E-state index is -0.359. The second-order valence-corrected chi connectivity index (χ2v) is 9.37. The summed E-state index contributed by atoms with van der Waals surface area (Å²) in [5.41, 5.74) is 0.607. The minimum absolute atomic E-state index is 0.00338. The van der Waals surface area contributed by atoms with Crippen molar-refractivity contribution >= 4 is 44.3 Å². The third-order valence-corrected chi connectivity index (χ3v) is 7.09. The van der Waals surface area contributed by atoms with Crippen LogP contribution in [0.5, 0.6) is 11.5 Å². The van der Waals surface area contributed by atoms with Crippen molar-refractivity contribution in [2.24, 2.45) is 5.92 Å². The topological polar surface area (TPSA) is 128 Å². The van der Waals surface area contributed by atoms with Crippen molar-refractivity contribution in [3.8, 4) is 11.5 Å². The van der Waals surface area contributed by atoms with Crippen LogP contribution in [0.25, 0.3) is 10.3 Å². The number of amides is 2. The van der Waals surface area contributed by atoms with Crippen LogP contribution in [0.3, 0.4) is 0 Å². The SMILES string of the molecule is CCNC(=O)C1CCN(c2nc3ncn(CC(=O)Nc4ccc5c(c4)OCCO5)c(=O)c3s2)CC1. The Bertz CT molecular complexity index is 1310. The molecule has 2 N–H and O–H groups in total. The van der Waals surface area contributed by atoms with E-state index in [2.05, 4.69) is 25.5 Å². The van der Waals surface area contributed by atoms with E-state index in [-0.39, 0.29) is 29.8 Å². The number of ether oxygens (including phenoxy) is 2. The summed E-state index contributed by atoms with van der Waals surface area (Å²) in [5, 5.41) is 6.37. The molecule has 12 heteroatoms. The van der Waals surface area contributed by atoms with E-state index in [1.54, 1.807) is 18.2 Å². The number of aromatic nitrogens is 3. The number of piperidine rings is 1. The first kappa shape index (κ1) is 23.1. The van der Waals surface area contributed by atoms with Gasteiger partial charge in [-0.25, -0.2) is 4.98 Å². The van der Waals surface area contributed by atoms with Crippen LogP contribution in [0.2, 0.25) is 0 Å². The molecule has 184 valence electrons. The van der Waals surface area contributed by atoms with E-state index in [4.69, 9.17) is 9.47 Å². The van der Waals surface area contributed by atoms with Gasteiger partial charge in [0.15, 0.2) is 22.3 Å². The maximum atomic E-state index is 13.0. The van der Waals surface area contributed by atoms with Crippen LogP contribution in [-0.4, -0.2) is 59.2 Å². The average Bonchev–Trinajstić information content (AvgIpc) is 3.31. The van der Waals surface area contributed by atoms with Crippen LogP contribution < -0.4 is 30.6 Å². The Morgan fingerprint density at radius 2 is 1.94 bits per heavy atom. The highest BCUT2D eigenvalue weighted by molar-refractivity contribution is 7.22. The van der Waals surface area contributed by atoms with Gasteiger partial charge in [0.2, 0.25) is 11.8 Å². The number of anilines is 2. The van der Waals surface area contributed by atoms with Crippen LogP contribution in [0, 0.1) is 5.92 Å². The normalized spacial score (nSPS) is 15.7. The maximum Gasteiger partial charge on any atom is 0.273 e. The molecular formula is C23H26N6O5S. The highest BCUT2D eigenvalue weighted by atomic mass is 32.1. The number of benzene rings is 1. The van der Waals surface area contributed by atoms with Gasteiger partial charge >= 0.3 is 0 Å². The van der Waals surface area contributed by atoms with Gasteiger partial charge in [0.05, 0.1) is 0 Å². The quantitative estimate of drug-likeness (QED) is 0.525. The summed E-state index contributed by atoms with van der Waals surface area (Å²) in [5.74, 6) is 0.942. The molecular weight excluding hydrogens is 472 g/mol. The van der Waals surface area contributed by atoms with Gasteiger partial charge in [-0.2, -0.15) is 4.98 Å². The number of rotatable bonds is 6. The Hall–Kier alpha value is -3.67. The third-order valence-electron chi connectivity index (χ3n) is 6.00. The number of fused-ring (bicyclic) bond motifs is 2. The molecule has 0 unspecified atom stereocenters. The van der Waals surface area contributed by atoms with E-state index in [0.29, 0.717) is 65.5 Å². The zero-order chi connectivity index (χ0) is 24.4. The summed E-state index contributed by atoms with van der Waals surface area (Å²) in [6.45, 7) is 4.68. The average molecular weight is 499 g/mol. The van der Waals surface area contributed by atoms with E-state index < -0.39 is 0 Å². The Morgan fingerprint density at radius 3 is 2.71 bits per heavy atom. The zero-order valence-electron chi connectivity index (χ0n) is 19.3. The molecule has 1 fully saturated rings. The van der Waals surface area contributed by atoms with Gasteiger partial charge in [-0.15, -0.1) is 0 Å². The number of carbonyl (C=O) groups excluding carboxylic acids is 2. The predicted octanol–water partition coefficient (Wildman–Crippen LogP) is 1.62. The van der Waals surface area contributed by atoms with E-state index in [0.717, 1.165) is 12.8 Å². The molecule has 0 atom stereocenters. The zero-order valence-corrected chi connectivity index (χ0v) is 20.1. The second-order valence-electron chi connectivity index (χ2n) is 8.39. The van der Waals surface area contributed by atoms with Crippen molar-refractivity contribution in [2.75, 3.05) is 43.1 Å². The first-order chi connectivity index (χ1) is 17.0. The summed E-state index contributed by atoms with van der Waals surface area (Å²) < 4.78 is 12.7. The van der Waals surface area contributed by atoms with E-state index >= 15 is 0 Å². The predicted molar refractivity (Wildman–Crippen MR) is 131 cm³/mol. The van der Waals surface area contributed by atoms with Crippen molar-refractivity contribution in [1.29, 1.82) is 0 Å². The molecule has 2 amide bonds. The summed E-state index contributed by atoms with van der Waals surface area (Å²) in [7, 11) is 0. The highest BCUT2D eigenvalue weighted by Gasteiger charge is 2.26. The maximum absolute atomic E-state index is 13.0. The molecule has 35 heavy (non-hydrogen) atoms. The summed E-state index contributed by atoms with van der Waals surface area (Å²) in [6.07, 6.45) is 2.82. The van der Waals surface area contributed by atoms with Crippen LogP contribution in [-0.2, 0) is 16.1 Å². The summed E-state index contributed by atoms with van der Waals surface area (Å²) >= 11 is 1.27. The van der Waals surface area contributed by atoms with Gasteiger partial charge < -0.3 is 25.0 Å². The lowest BCUT2D eigenvalue weighted by Gasteiger charge is -2.30. The Labute approximate surface area is 205 Å². The van der Waals surface area contributed by atoms with Gasteiger partial charge in [0.1, 0.15) is 30.8 Å². The van der Waals surface area contributed by atoms with Gasteiger partial charge in [0, 0.05) is 37.3 Å². The van der Waals surface area contributed by atoms with Crippen LogP contribution in [0.1, 0.15) is 19.8 Å². The summed E-state index contributed by atoms with van der Waals surface area (Å²) in [6, 6.07) is 5.16. The number of thiazole rings is 1. The molecule has 2 aromatic heterocycles. The Kier molecular flexibility index (Phi) is 6.53. The largest absolute Gasteiger partial charge is 0.486 e. The molecule has 2 aliphatic heterocycles. The fourth-order valence-corrected chi connectivity index (χ4v) is 5.23. The van der Waals surface area contributed by atoms with Gasteiger partial charge in [0.25, 0.3) is 5.56 Å². The van der Waals surface area contributed by atoms with Crippen molar-refractivity contribution in [1.82, 2.24) is 19.9 Å². The van der Waals surface area contributed by atoms with Gasteiger partial charge in [-0.05, 0) is 31.9 Å². The van der Waals surface area contributed by atoms with E-state index in [1.807, 2.05) is 6.92 Å². The van der Waals surface area contributed by atoms with Crippen LogP contribution in [0.15, 0.2) is 29.3 Å². The first-order valence-electron chi connectivity index (χ1n) is 11.6. The molecule has 1 aromatic carbocycles. The van der Waals surface area contributed by atoms with E-state index in [1.165, 1.54) is 22.2 Å². The Balaban J connectivity index is 1.26. The molecule has 5 rings (SSSR count). The van der Waals surface area contributed by atoms with Crippen molar-refractivity contribution in [2.45, 2.75) is 26.3 Å². The first-order valence-corrected chi connectivity index (χ1v) is 12.4. The van der Waals surface area contributed by atoms with Gasteiger partial charge in [-0.1, -0.05) is 11.3 Å².